The fraction of sp³-hybridized carbons (Fsp3) is 0.421. The first-order valence-corrected chi connectivity index (χ1v) is 10.5. The van der Waals surface area contributed by atoms with Crippen molar-refractivity contribution < 1.29 is 0 Å². The average molecular weight is 373 g/mol. The van der Waals surface area contributed by atoms with Crippen molar-refractivity contribution >= 4 is 23.1 Å². The van der Waals surface area contributed by atoms with Crippen molar-refractivity contribution in [2.45, 2.75) is 51.1 Å². The Hall–Kier alpha value is -1.66. The topological polar surface area (TPSA) is 43.6 Å². The van der Waals surface area contributed by atoms with E-state index in [2.05, 4.69) is 58.3 Å². The first-order valence-electron chi connectivity index (χ1n) is 8.61. The van der Waals surface area contributed by atoms with E-state index in [9.17, 15) is 0 Å². The van der Waals surface area contributed by atoms with Crippen LogP contribution in [0, 0.1) is 12.8 Å². The van der Waals surface area contributed by atoms with Gasteiger partial charge in [0.1, 0.15) is 5.82 Å². The van der Waals surface area contributed by atoms with Crippen LogP contribution in [0.1, 0.15) is 42.4 Å². The summed E-state index contributed by atoms with van der Waals surface area (Å²) in [6, 6.07) is 10.4. The minimum absolute atomic E-state index is 0.723. The first-order chi connectivity index (χ1) is 12.1. The van der Waals surface area contributed by atoms with Gasteiger partial charge in [0, 0.05) is 11.1 Å². The van der Waals surface area contributed by atoms with E-state index >= 15 is 0 Å². The number of hydrogen-bond donors (Lipinski definition) is 0. The second kappa shape index (κ2) is 8.63. The van der Waals surface area contributed by atoms with Crippen molar-refractivity contribution in [2.75, 3.05) is 0 Å². The highest BCUT2D eigenvalue weighted by Crippen LogP contribution is 2.24. The predicted octanol–water partition coefficient (Wildman–Crippen LogP) is 4.97. The van der Waals surface area contributed by atoms with E-state index in [4.69, 9.17) is 4.98 Å². The Bertz CT molecular complexity index is 793. The minimum atomic E-state index is 0.723. The van der Waals surface area contributed by atoms with Crippen molar-refractivity contribution in [3.05, 3.63) is 57.8 Å². The molecule has 3 aromatic rings. The van der Waals surface area contributed by atoms with E-state index in [0.29, 0.717) is 0 Å². The number of thioether (sulfide) groups is 1. The van der Waals surface area contributed by atoms with Crippen molar-refractivity contribution in [3.63, 3.8) is 0 Å². The molecule has 0 atom stereocenters. The number of benzene rings is 1. The van der Waals surface area contributed by atoms with Gasteiger partial charge in [0.15, 0.2) is 5.16 Å². The summed E-state index contributed by atoms with van der Waals surface area (Å²) < 4.78 is 2.17. The molecular weight excluding hydrogens is 348 g/mol. The lowest BCUT2D eigenvalue weighted by molar-refractivity contribution is 0.585. The zero-order valence-corrected chi connectivity index (χ0v) is 16.6. The van der Waals surface area contributed by atoms with Crippen LogP contribution in [0.3, 0.4) is 0 Å². The zero-order valence-electron chi connectivity index (χ0n) is 15.0. The van der Waals surface area contributed by atoms with E-state index in [-0.39, 0.29) is 0 Å². The molecule has 2 aromatic heterocycles. The third-order valence-corrected chi connectivity index (χ3v) is 5.93. The van der Waals surface area contributed by atoms with E-state index in [1.165, 1.54) is 17.0 Å². The van der Waals surface area contributed by atoms with Gasteiger partial charge < -0.3 is 4.57 Å². The summed E-state index contributed by atoms with van der Waals surface area (Å²) in [6.07, 6.45) is 2.28. The van der Waals surface area contributed by atoms with Gasteiger partial charge in [-0.05, 0) is 31.2 Å². The Kier molecular flexibility index (Phi) is 6.26. The second-order valence-corrected chi connectivity index (χ2v) is 8.44. The first kappa shape index (κ1) is 18.1. The maximum absolute atomic E-state index is 4.76. The standard InChI is InChI=1S/C19H24N4S2/c1-14(2)9-10-18-20-17(12-24-18)13-25-19-22-21-15(3)23(19)11-16-7-5-4-6-8-16/h4-8,12,14H,9-11,13H2,1-3H3. The van der Waals surface area contributed by atoms with Gasteiger partial charge in [0.05, 0.1) is 17.2 Å². The van der Waals surface area contributed by atoms with Gasteiger partial charge >= 0.3 is 0 Å². The van der Waals surface area contributed by atoms with E-state index in [1.54, 1.807) is 23.1 Å². The number of rotatable bonds is 8. The van der Waals surface area contributed by atoms with Gasteiger partial charge in [0.25, 0.3) is 0 Å². The monoisotopic (exact) mass is 372 g/mol. The van der Waals surface area contributed by atoms with Crippen molar-refractivity contribution in [1.29, 1.82) is 0 Å². The number of hydrogen-bond acceptors (Lipinski definition) is 5. The molecule has 0 spiro atoms. The van der Waals surface area contributed by atoms with Crippen LogP contribution in [0.4, 0.5) is 0 Å². The molecule has 25 heavy (non-hydrogen) atoms. The normalized spacial score (nSPS) is 11.4. The Morgan fingerprint density at radius 2 is 1.96 bits per heavy atom. The summed E-state index contributed by atoms with van der Waals surface area (Å²) >= 11 is 3.48. The summed E-state index contributed by atoms with van der Waals surface area (Å²) in [7, 11) is 0. The molecule has 1 aromatic carbocycles. The van der Waals surface area contributed by atoms with Crippen LogP contribution >= 0.6 is 23.1 Å². The maximum atomic E-state index is 4.76. The third kappa shape index (κ3) is 5.16. The van der Waals surface area contributed by atoms with Gasteiger partial charge in [-0.2, -0.15) is 0 Å². The fourth-order valence-electron chi connectivity index (χ4n) is 2.50. The summed E-state index contributed by atoms with van der Waals surface area (Å²) in [5, 5.41) is 13.0. The summed E-state index contributed by atoms with van der Waals surface area (Å²) in [5.74, 6) is 2.51. The molecule has 0 bridgehead atoms. The van der Waals surface area contributed by atoms with E-state index < -0.39 is 0 Å². The lowest BCUT2D eigenvalue weighted by Crippen LogP contribution is -2.03. The molecule has 132 valence electrons. The smallest absolute Gasteiger partial charge is 0.191 e. The van der Waals surface area contributed by atoms with Crippen molar-refractivity contribution in [3.8, 4) is 0 Å². The SMILES string of the molecule is Cc1nnc(SCc2csc(CCC(C)C)n2)n1Cc1ccccc1. The molecule has 4 nitrogen and oxygen atoms in total. The van der Waals surface area contributed by atoms with Crippen LogP contribution in [0.25, 0.3) is 0 Å². The highest BCUT2D eigenvalue weighted by molar-refractivity contribution is 7.98. The molecular formula is C19H24N4S2. The third-order valence-electron chi connectivity index (χ3n) is 3.97. The molecule has 0 aliphatic heterocycles. The van der Waals surface area contributed by atoms with Crippen LogP contribution in [0.5, 0.6) is 0 Å². The number of aryl methyl sites for hydroxylation is 2. The molecule has 0 aliphatic carbocycles. The number of thiazole rings is 1. The second-order valence-electron chi connectivity index (χ2n) is 6.56. The quantitative estimate of drug-likeness (QED) is 0.524. The molecule has 0 aliphatic rings. The van der Waals surface area contributed by atoms with E-state index in [0.717, 1.165) is 41.3 Å². The molecule has 0 saturated carbocycles. The Balaban J connectivity index is 1.62. The van der Waals surface area contributed by atoms with Crippen molar-refractivity contribution in [1.82, 2.24) is 19.7 Å². The zero-order chi connectivity index (χ0) is 17.6. The molecule has 0 radical (unpaired) electrons. The van der Waals surface area contributed by atoms with Crippen molar-refractivity contribution in [2.24, 2.45) is 5.92 Å². The van der Waals surface area contributed by atoms with Crippen LogP contribution in [-0.4, -0.2) is 19.7 Å². The summed E-state index contributed by atoms with van der Waals surface area (Å²) in [6.45, 7) is 7.32. The number of nitrogens with zero attached hydrogens (tertiary/aromatic N) is 4. The Labute approximate surface area is 157 Å². The largest absolute Gasteiger partial charge is 0.302 e. The molecule has 0 amide bonds. The molecule has 6 heteroatoms. The van der Waals surface area contributed by atoms with Crippen LogP contribution in [-0.2, 0) is 18.7 Å². The van der Waals surface area contributed by atoms with Gasteiger partial charge in [-0.15, -0.1) is 21.5 Å². The van der Waals surface area contributed by atoms with Crippen LogP contribution < -0.4 is 0 Å². The van der Waals surface area contributed by atoms with E-state index in [1.807, 2.05) is 13.0 Å². The van der Waals surface area contributed by atoms with Gasteiger partial charge in [-0.25, -0.2) is 4.98 Å². The molecule has 0 N–H and O–H groups in total. The average Bonchev–Trinajstić information content (AvgIpc) is 3.20. The summed E-state index contributed by atoms with van der Waals surface area (Å²) in [4.78, 5) is 4.76. The Morgan fingerprint density at radius 3 is 2.72 bits per heavy atom. The fourth-order valence-corrected chi connectivity index (χ4v) is 4.29. The molecule has 2 heterocycles. The molecule has 0 saturated heterocycles. The maximum Gasteiger partial charge on any atom is 0.191 e. The highest BCUT2D eigenvalue weighted by atomic mass is 32.2. The highest BCUT2D eigenvalue weighted by Gasteiger charge is 2.11. The molecule has 3 rings (SSSR count). The van der Waals surface area contributed by atoms with Crippen LogP contribution in [0.2, 0.25) is 0 Å². The van der Waals surface area contributed by atoms with Gasteiger partial charge in [-0.3, -0.25) is 0 Å². The Morgan fingerprint density at radius 1 is 1.16 bits per heavy atom. The predicted molar refractivity (Wildman–Crippen MR) is 105 cm³/mol. The lowest BCUT2D eigenvalue weighted by atomic mass is 10.1. The molecule has 0 fully saturated rings. The summed E-state index contributed by atoms with van der Waals surface area (Å²) in [5.41, 5.74) is 2.40. The lowest BCUT2D eigenvalue weighted by Gasteiger charge is -2.08. The molecule has 0 unspecified atom stereocenters. The minimum Gasteiger partial charge on any atom is -0.302 e. The van der Waals surface area contributed by atoms with Gasteiger partial charge in [0.2, 0.25) is 0 Å². The number of aromatic nitrogens is 4. The van der Waals surface area contributed by atoms with Gasteiger partial charge in [-0.1, -0.05) is 55.9 Å². The van der Waals surface area contributed by atoms with Crippen LogP contribution in [0.15, 0.2) is 40.9 Å².